The fourth-order valence-corrected chi connectivity index (χ4v) is 1.14. The average molecular weight is 412 g/mol. The predicted molar refractivity (Wildman–Crippen MR) is 80.3 cm³/mol. The van der Waals surface area contributed by atoms with Crippen molar-refractivity contribution in [1.29, 1.82) is 0 Å². The van der Waals surface area contributed by atoms with Crippen LogP contribution in [0.4, 0.5) is 13.2 Å². The summed E-state index contributed by atoms with van der Waals surface area (Å²) in [6.45, 7) is -0.617. The summed E-state index contributed by atoms with van der Waals surface area (Å²) in [5, 5.41) is 5.45. The number of rotatable bonds is 6. The van der Waals surface area contributed by atoms with Crippen LogP contribution in [0.3, 0.4) is 0 Å². The molecule has 0 unspecified atom stereocenters. The molecule has 0 aliphatic carbocycles. The van der Waals surface area contributed by atoms with Gasteiger partial charge in [0, 0.05) is 27.7 Å². The first kappa shape index (κ1) is 21.5. The highest BCUT2D eigenvalue weighted by Crippen LogP contribution is 2.15. The standard InChI is InChI=1S/C10H19F3N4O2.HI/c1-14-9(15-4-5-19-3)16-6-8(18)17(2)7-10(11,12)13;/h4-7H2,1-3H3,(H2,14,15,16);1H. The molecular formula is C10H20F3IN4O2. The van der Waals surface area contributed by atoms with Gasteiger partial charge in [0.05, 0.1) is 13.2 Å². The highest BCUT2D eigenvalue weighted by molar-refractivity contribution is 14.0. The molecule has 0 bridgehead atoms. The van der Waals surface area contributed by atoms with E-state index in [4.69, 9.17) is 4.74 Å². The molecule has 120 valence electrons. The molecule has 0 heterocycles. The minimum Gasteiger partial charge on any atom is -0.383 e. The number of alkyl halides is 3. The summed E-state index contributed by atoms with van der Waals surface area (Å²) in [5.41, 5.74) is 0. The zero-order valence-electron chi connectivity index (χ0n) is 11.6. The molecule has 0 radical (unpaired) electrons. The first-order valence-electron chi connectivity index (χ1n) is 5.54. The Balaban J connectivity index is 0. The first-order valence-corrected chi connectivity index (χ1v) is 5.54. The number of halogens is 4. The number of carbonyl (C=O) groups excluding carboxylic acids is 1. The van der Waals surface area contributed by atoms with E-state index in [-0.39, 0.29) is 30.5 Å². The number of hydrogen-bond donors (Lipinski definition) is 2. The summed E-state index contributed by atoms with van der Waals surface area (Å²) in [6.07, 6.45) is -4.40. The lowest BCUT2D eigenvalue weighted by molar-refractivity contribution is -0.157. The van der Waals surface area contributed by atoms with Crippen molar-refractivity contribution in [3.05, 3.63) is 0 Å². The Labute approximate surface area is 133 Å². The summed E-state index contributed by atoms with van der Waals surface area (Å²) in [4.78, 5) is 15.8. The third kappa shape index (κ3) is 11.1. The third-order valence-electron chi connectivity index (χ3n) is 2.07. The SMILES string of the molecule is CN=C(NCCOC)NCC(=O)N(C)CC(F)(F)F.I. The lowest BCUT2D eigenvalue weighted by atomic mass is 10.4. The molecule has 2 N–H and O–H groups in total. The van der Waals surface area contributed by atoms with Crippen LogP contribution in [0.1, 0.15) is 0 Å². The maximum atomic E-state index is 12.1. The van der Waals surface area contributed by atoms with Gasteiger partial charge < -0.3 is 20.3 Å². The smallest absolute Gasteiger partial charge is 0.383 e. The molecule has 0 aliphatic heterocycles. The van der Waals surface area contributed by atoms with E-state index in [0.29, 0.717) is 24.0 Å². The van der Waals surface area contributed by atoms with Gasteiger partial charge in [0.15, 0.2) is 5.96 Å². The molecule has 0 saturated carbocycles. The Kier molecular flexibility index (Phi) is 11.8. The summed E-state index contributed by atoms with van der Waals surface area (Å²) >= 11 is 0. The van der Waals surface area contributed by atoms with E-state index < -0.39 is 18.6 Å². The number of nitrogens with one attached hydrogen (secondary N) is 2. The van der Waals surface area contributed by atoms with Crippen molar-refractivity contribution in [1.82, 2.24) is 15.5 Å². The third-order valence-corrected chi connectivity index (χ3v) is 2.07. The van der Waals surface area contributed by atoms with Crippen LogP contribution in [0.15, 0.2) is 4.99 Å². The Morgan fingerprint density at radius 2 is 1.95 bits per heavy atom. The molecule has 0 rings (SSSR count). The van der Waals surface area contributed by atoms with Crippen molar-refractivity contribution < 1.29 is 22.7 Å². The largest absolute Gasteiger partial charge is 0.406 e. The second-order valence-corrected chi connectivity index (χ2v) is 3.71. The van der Waals surface area contributed by atoms with Gasteiger partial charge in [-0.05, 0) is 0 Å². The second-order valence-electron chi connectivity index (χ2n) is 3.71. The van der Waals surface area contributed by atoms with Crippen LogP contribution in [0.2, 0.25) is 0 Å². The van der Waals surface area contributed by atoms with Crippen LogP contribution < -0.4 is 10.6 Å². The summed E-state index contributed by atoms with van der Waals surface area (Å²) in [6, 6.07) is 0. The van der Waals surface area contributed by atoms with Crippen molar-refractivity contribution in [3.63, 3.8) is 0 Å². The second kappa shape index (κ2) is 10.9. The Bertz CT molecular complexity index is 313. The van der Waals surface area contributed by atoms with Gasteiger partial charge in [0.2, 0.25) is 5.91 Å². The summed E-state index contributed by atoms with van der Waals surface area (Å²) in [7, 11) is 4.12. The predicted octanol–water partition coefficient (Wildman–Crippen LogP) is 0.436. The van der Waals surface area contributed by atoms with Crippen LogP contribution in [-0.2, 0) is 9.53 Å². The van der Waals surface area contributed by atoms with Gasteiger partial charge in [-0.25, -0.2) is 0 Å². The zero-order chi connectivity index (χ0) is 14.9. The van der Waals surface area contributed by atoms with Crippen molar-refractivity contribution in [2.45, 2.75) is 6.18 Å². The van der Waals surface area contributed by atoms with E-state index >= 15 is 0 Å². The Hall–Kier alpha value is -0.780. The van der Waals surface area contributed by atoms with Gasteiger partial charge >= 0.3 is 6.18 Å². The van der Waals surface area contributed by atoms with E-state index in [1.54, 1.807) is 0 Å². The molecular weight excluding hydrogens is 392 g/mol. The molecule has 0 atom stereocenters. The fourth-order valence-electron chi connectivity index (χ4n) is 1.14. The number of carbonyl (C=O) groups is 1. The number of hydrogen-bond acceptors (Lipinski definition) is 3. The normalized spacial score (nSPS) is 11.6. The highest BCUT2D eigenvalue weighted by atomic mass is 127. The van der Waals surface area contributed by atoms with Crippen LogP contribution in [-0.4, -0.2) is 70.4 Å². The molecule has 10 heteroatoms. The topological polar surface area (TPSA) is 66.0 Å². The zero-order valence-corrected chi connectivity index (χ0v) is 13.9. The molecule has 0 saturated heterocycles. The van der Waals surface area contributed by atoms with E-state index in [2.05, 4.69) is 15.6 Å². The fraction of sp³-hybridized carbons (Fsp3) is 0.800. The molecule has 6 nitrogen and oxygen atoms in total. The maximum Gasteiger partial charge on any atom is 0.406 e. The molecule has 0 aromatic rings. The van der Waals surface area contributed by atoms with Crippen molar-refractivity contribution >= 4 is 35.8 Å². The monoisotopic (exact) mass is 412 g/mol. The van der Waals surface area contributed by atoms with E-state index in [0.717, 1.165) is 7.05 Å². The highest BCUT2D eigenvalue weighted by Gasteiger charge is 2.31. The van der Waals surface area contributed by atoms with Gasteiger partial charge in [-0.2, -0.15) is 13.2 Å². The van der Waals surface area contributed by atoms with E-state index in [9.17, 15) is 18.0 Å². The average Bonchev–Trinajstić information content (AvgIpc) is 2.31. The molecule has 0 aromatic carbocycles. The number of aliphatic imine (C=N–C) groups is 1. The van der Waals surface area contributed by atoms with Gasteiger partial charge in [0.25, 0.3) is 0 Å². The molecule has 0 spiro atoms. The van der Waals surface area contributed by atoms with Gasteiger partial charge in [-0.1, -0.05) is 0 Å². The number of guanidine groups is 1. The van der Waals surface area contributed by atoms with Gasteiger partial charge in [-0.3, -0.25) is 9.79 Å². The molecule has 0 aromatic heterocycles. The number of methoxy groups -OCH3 is 1. The Morgan fingerprint density at radius 3 is 2.40 bits per heavy atom. The molecule has 20 heavy (non-hydrogen) atoms. The van der Waals surface area contributed by atoms with Gasteiger partial charge in [-0.15, -0.1) is 24.0 Å². The minimum atomic E-state index is -4.40. The molecule has 0 aliphatic rings. The summed E-state index contributed by atoms with van der Waals surface area (Å²) in [5.74, 6) is -0.349. The Morgan fingerprint density at radius 1 is 1.35 bits per heavy atom. The number of likely N-dealkylation sites (N-methyl/N-ethyl adjacent to an activating group) is 1. The molecule has 0 fully saturated rings. The van der Waals surface area contributed by atoms with Gasteiger partial charge in [0.1, 0.15) is 6.54 Å². The van der Waals surface area contributed by atoms with Crippen LogP contribution in [0.5, 0.6) is 0 Å². The van der Waals surface area contributed by atoms with E-state index in [1.807, 2.05) is 0 Å². The lowest BCUT2D eigenvalue weighted by Gasteiger charge is -2.19. The first-order chi connectivity index (χ1) is 8.80. The lowest BCUT2D eigenvalue weighted by Crippen LogP contribution is -2.46. The van der Waals surface area contributed by atoms with Crippen LogP contribution in [0.25, 0.3) is 0 Å². The van der Waals surface area contributed by atoms with Crippen molar-refractivity contribution in [2.75, 3.05) is 47.4 Å². The van der Waals surface area contributed by atoms with Crippen LogP contribution >= 0.6 is 24.0 Å². The quantitative estimate of drug-likeness (QED) is 0.288. The van der Waals surface area contributed by atoms with E-state index in [1.165, 1.54) is 14.2 Å². The maximum absolute atomic E-state index is 12.1. The minimum absolute atomic E-state index is 0. The number of ether oxygens (including phenoxy) is 1. The van der Waals surface area contributed by atoms with Crippen molar-refractivity contribution in [2.24, 2.45) is 4.99 Å². The number of nitrogens with zero attached hydrogens (tertiary/aromatic N) is 2. The van der Waals surface area contributed by atoms with Crippen LogP contribution in [0, 0.1) is 0 Å². The molecule has 1 amide bonds. The summed E-state index contributed by atoms with van der Waals surface area (Å²) < 4.78 is 41.0. The van der Waals surface area contributed by atoms with Crippen molar-refractivity contribution in [3.8, 4) is 0 Å². The number of amides is 1.